The second-order valence-corrected chi connectivity index (χ2v) is 3.14. The zero-order valence-electron chi connectivity index (χ0n) is 8.39. The molecule has 0 saturated carbocycles. The Bertz CT molecular complexity index is 354. The van der Waals surface area contributed by atoms with Gasteiger partial charge in [0.2, 0.25) is 0 Å². The highest BCUT2D eigenvalue weighted by Crippen LogP contribution is 2.05. The molecule has 15 heavy (non-hydrogen) atoms. The van der Waals surface area contributed by atoms with Crippen LogP contribution in [-0.4, -0.2) is 22.6 Å². The highest BCUT2D eigenvalue weighted by atomic mass is 16.4. The standard InChI is InChI=1S/C12H13NO2/c1-2-3-9-13(12(14)15)10-11-7-5-4-6-8-11/h1,4-8H,3,9-10H2,(H,14,15). The van der Waals surface area contributed by atoms with Crippen molar-refractivity contribution in [3.05, 3.63) is 35.9 Å². The third-order valence-electron chi connectivity index (χ3n) is 2.01. The summed E-state index contributed by atoms with van der Waals surface area (Å²) in [6.07, 6.45) is 4.61. The summed E-state index contributed by atoms with van der Waals surface area (Å²) < 4.78 is 0. The fourth-order valence-electron chi connectivity index (χ4n) is 1.25. The molecule has 0 bridgehead atoms. The topological polar surface area (TPSA) is 40.5 Å². The Morgan fingerprint density at radius 3 is 2.60 bits per heavy atom. The van der Waals surface area contributed by atoms with Gasteiger partial charge >= 0.3 is 6.09 Å². The van der Waals surface area contributed by atoms with E-state index in [2.05, 4.69) is 5.92 Å². The van der Waals surface area contributed by atoms with Crippen molar-refractivity contribution in [1.29, 1.82) is 0 Å². The van der Waals surface area contributed by atoms with E-state index in [1.54, 1.807) is 0 Å². The molecule has 0 aliphatic carbocycles. The largest absolute Gasteiger partial charge is 0.465 e. The van der Waals surface area contributed by atoms with E-state index in [4.69, 9.17) is 11.5 Å². The van der Waals surface area contributed by atoms with Crippen molar-refractivity contribution < 1.29 is 9.90 Å². The van der Waals surface area contributed by atoms with Crippen LogP contribution in [0.4, 0.5) is 4.79 Å². The Morgan fingerprint density at radius 1 is 1.40 bits per heavy atom. The summed E-state index contributed by atoms with van der Waals surface area (Å²) in [5.41, 5.74) is 0.969. The van der Waals surface area contributed by atoms with E-state index in [0.29, 0.717) is 19.5 Å². The van der Waals surface area contributed by atoms with Gasteiger partial charge in [-0.25, -0.2) is 4.79 Å². The minimum Gasteiger partial charge on any atom is -0.465 e. The molecule has 0 unspecified atom stereocenters. The van der Waals surface area contributed by atoms with Gasteiger partial charge in [-0.1, -0.05) is 30.3 Å². The molecule has 3 heteroatoms. The summed E-state index contributed by atoms with van der Waals surface area (Å²) in [4.78, 5) is 12.2. The molecule has 0 atom stereocenters. The molecule has 1 aromatic carbocycles. The number of nitrogens with zero attached hydrogens (tertiary/aromatic N) is 1. The molecule has 1 N–H and O–H groups in total. The molecule has 0 fully saturated rings. The number of benzene rings is 1. The quantitative estimate of drug-likeness (QED) is 0.762. The lowest BCUT2D eigenvalue weighted by molar-refractivity contribution is 0.143. The molecule has 1 amide bonds. The maximum absolute atomic E-state index is 10.9. The van der Waals surface area contributed by atoms with Crippen molar-refractivity contribution in [1.82, 2.24) is 4.90 Å². The third kappa shape index (κ3) is 3.74. The zero-order chi connectivity index (χ0) is 11.1. The van der Waals surface area contributed by atoms with Crippen LogP contribution in [0.2, 0.25) is 0 Å². The van der Waals surface area contributed by atoms with Crippen LogP contribution >= 0.6 is 0 Å². The highest BCUT2D eigenvalue weighted by molar-refractivity contribution is 5.65. The van der Waals surface area contributed by atoms with Crippen LogP contribution < -0.4 is 0 Å². The molecule has 0 spiro atoms. The Hall–Kier alpha value is -1.95. The fraction of sp³-hybridized carbons (Fsp3) is 0.250. The smallest absolute Gasteiger partial charge is 0.407 e. The molecule has 0 aliphatic rings. The number of rotatable bonds is 4. The Labute approximate surface area is 89.3 Å². The molecule has 0 heterocycles. The van der Waals surface area contributed by atoms with Crippen molar-refractivity contribution in [3.8, 4) is 12.3 Å². The molecule has 0 aromatic heterocycles. The van der Waals surface area contributed by atoms with Crippen LogP contribution in [-0.2, 0) is 6.54 Å². The van der Waals surface area contributed by atoms with Gasteiger partial charge in [0.05, 0.1) is 0 Å². The van der Waals surface area contributed by atoms with Gasteiger partial charge in [-0.15, -0.1) is 12.3 Å². The van der Waals surface area contributed by atoms with Crippen LogP contribution in [0.1, 0.15) is 12.0 Å². The maximum atomic E-state index is 10.9. The molecular weight excluding hydrogens is 190 g/mol. The summed E-state index contributed by atoms with van der Waals surface area (Å²) in [5, 5.41) is 8.92. The van der Waals surface area contributed by atoms with E-state index in [0.717, 1.165) is 5.56 Å². The number of terminal acetylenes is 1. The summed E-state index contributed by atoms with van der Waals surface area (Å²) in [6, 6.07) is 9.46. The van der Waals surface area contributed by atoms with Crippen LogP contribution in [0.3, 0.4) is 0 Å². The first kappa shape index (κ1) is 11.1. The molecule has 1 aromatic rings. The molecule has 0 aliphatic heterocycles. The summed E-state index contributed by atoms with van der Waals surface area (Å²) in [6.45, 7) is 0.762. The van der Waals surface area contributed by atoms with Crippen molar-refractivity contribution in [2.75, 3.05) is 6.54 Å². The van der Waals surface area contributed by atoms with E-state index in [9.17, 15) is 4.79 Å². The number of amides is 1. The Morgan fingerprint density at radius 2 is 2.07 bits per heavy atom. The van der Waals surface area contributed by atoms with Gasteiger partial charge in [0.1, 0.15) is 0 Å². The average molecular weight is 203 g/mol. The van der Waals surface area contributed by atoms with Crippen LogP contribution in [0.25, 0.3) is 0 Å². The first-order valence-electron chi connectivity index (χ1n) is 4.69. The third-order valence-corrected chi connectivity index (χ3v) is 2.01. The van der Waals surface area contributed by atoms with Gasteiger partial charge < -0.3 is 10.0 Å². The van der Waals surface area contributed by atoms with Crippen LogP contribution in [0, 0.1) is 12.3 Å². The van der Waals surface area contributed by atoms with E-state index >= 15 is 0 Å². The zero-order valence-corrected chi connectivity index (χ0v) is 8.39. The Kier molecular flexibility index (Phi) is 4.24. The first-order valence-corrected chi connectivity index (χ1v) is 4.69. The van der Waals surface area contributed by atoms with Gasteiger partial charge in [0, 0.05) is 19.5 Å². The monoisotopic (exact) mass is 203 g/mol. The van der Waals surface area contributed by atoms with Crippen molar-refractivity contribution in [2.24, 2.45) is 0 Å². The predicted octanol–water partition coefficient (Wildman–Crippen LogP) is 2.19. The van der Waals surface area contributed by atoms with Crippen molar-refractivity contribution >= 4 is 6.09 Å². The number of hydrogen-bond acceptors (Lipinski definition) is 1. The second-order valence-electron chi connectivity index (χ2n) is 3.14. The van der Waals surface area contributed by atoms with Gasteiger partial charge in [0.15, 0.2) is 0 Å². The lowest BCUT2D eigenvalue weighted by atomic mass is 10.2. The van der Waals surface area contributed by atoms with Gasteiger partial charge in [-0.2, -0.15) is 0 Å². The molecule has 0 radical (unpaired) electrons. The summed E-state index contributed by atoms with van der Waals surface area (Å²) in [5.74, 6) is 2.43. The summed E-state index contributed by atoms with van der Waals surface area (Å²) in [7, 11) is 0. The molecular formula is C12H13NO2. The molecule has 0 saturated heterocycles. The number of carboxylic acid groups (broad SMARTS) is 1. The number of hydrogen-bond donors (Lipinski definition) is 1. The second kappa shape index (κ2) is 5.71. The van der Waals surface area contributed by atoms with Crippen LogP contribution in [0.5, 0.6) is 0 Å². The molecule has 3 nitrogen and oxygen atoms in total. The normalized spacial score (nSPS) is 9.27. The molecule has 78 valence electrons. The van der Waals surface area contributed by atoms with E-state index in [1.807, 2.05) is 30.3 Å². The fourth-order valence-corrected chi connectivity index (χ4v) is 1.25. The Balaban J connectivity index is 2.60. The van der Waals surface area contributed by atoms with Gasteiger partial charge in [-0.05, 0) is 5.56 Å². The van der Waals surface area contributed by atoms with E-state index < -0.39 is 6.09 Å². The van der Waals surface area contributed by atoms with Crippen molar-refractivity contribution in [3.63, 3.8) is 0 Å². The minimum atomic E-state index is -0.936. The predicted molar refractivity (Wildman–Crippen MR) is 58.3 cm³/mol. The first-order chi connectivity index (χ1) is 7.24. The van der Waals surface area contributed by atoms with Crippen molar-refractivity contribution in [2.45, 2.75) is 13.0 Å². The van der Waals surface area contributed by atoms with Gasteiger partial charge in [-0.3, -0.25) is 0 Å². The van der Waals surface area contributed by atoms with Gasteiger partial charge in [0.25, 0.3) is 0 Å². The van der Waals surface area contributed by atoms with E-state index in [1.165, 1.54) is 4.90 Å². The minimum absolute atomic E-state index is 0.376. The summed E-state index contributed by atoms with van der Waals surface area (Å²) >= 11 is 0. The average Bonchev–Trinajstić information content (AvgIpc) is 2.25. The maximum Gasteiger partial charge on any atom is 0.407 e. The highest BCUT2D eigenvalue weighted by Gasteiger charge is 2.10. The number of carbonyl (C=O) groups is 1. The SMILES string of the molecule is C#CCCN(Cc1ccccc1)C(=O)O. The van der Waals surface area contributed by atoms with E-state index in [-0.39, 0.29) is 0 Å². The lowest BCUT2D eigenvalue weighted by Crippen LogP contribution is -2.29. The lowest BCUT2D eigenvalue weighted by Gasteiger charge is -2.17. The molecule has 1 rings (SSSR count). The van der Waals surface area contributed by atoms with Crippen LogP contribution in [0.15, 0.2) is 30.3 Å².